The molecule has 1 aliphatic heterocycles. The highest BCUT2D eigenvalue weighted by atomic mass is 16.3. The topological polar surface area (TPSA) is 26.4 Å². The molecule has 0 bridgehead atoms. The Balaban J connectivity index is 1.89. The fourth-order valence-corrected chi connectivity index (χ4v) is 1.86. The van der Waals surface area contributed by atoms with Crippen molar-refractivity contribution in [1.29, 1.82) is 0 Å². The van der Waals surface area contributed by atoms with Gasteiger partial charge in [0.15, 0.2) is 5.75 Å². The molecule has 1 aromatic carbocycles. The van der Waals surface area contributed by atoms with E-state index in [0.717, 1.165) is 32.7 Å². The molecule has 0 N–H and O–H groups in total. The van der Waals surface area contributed by atoms with Crippen molar-refractivity contribution in [2.75, 3.05) is 33.2 Å². The Kier molecular flexibility index (Phi) is 3.23. The minimum atomic E-state index is 0.0946. The van der Waals surface area contributed by atoms with Gasteiger partial charge in [0, 0.05) is 32.7 Å². The van der Waals surface area contributed by atoms with Crippen LogP contribution in [0.15, 0.2) is 24.3 Å². The van der Waals surface area contributed by atoms with Crippen LogP contribution in [0.5, 0.6) is 5.75 Å². The average molecular weight is 205 g/mol. The fourth-order valence-electron chi connectivity index (χ4n) is 1.86. The third-order valence-electron chi connectivity index (χ3n) is 2.93. The summed E-state index contributed by atoms with van der Waals surface area (Å²) in [6.07, 6.45) is 0. The smallest absolute Gasteiger partial charge is 0.178 e. The van der Waals surface area contributed by atoms with E-state index in [9.17, 15) is 5.11 Å². The van der Waals surface area contributed by atoms with E-state index >= 15 is 0 Å². The molecule has 1 aromatic rings. The minimum absolute atomic E-state index is 0.0946. The molecule has 0 spiro atoms. The molecule has 1 saturated heterocycles. The maximum atomic E-state index is 10.9. The third kappa shape index (κ3) is 2.94. The molecule has 3 heteroatoms. The molecule has 1 fully saturated rings. The first kappa shape index (κ1) is 10.5. The van der Waals surface area contributed by atoms with Crippen LogP contribution in [-0.2, 0) is 11.7 Å². The molecule has 1 heterocycles. The van der Waals surface area contributed by atoms with Gasteiger partial charge in [-0.25, -0.2) is 0 Å². The number of benzene rings is 1. The van der Waals surface area contributed by atoms with Crippen LogP contribution in [0.1, 0.15) is 5.56 Å². The predicted octanol–water partition coefficient (Wildman–Crippen LogP) is 1.58. The highest BCUT2D eigenvalue weighted by molar-refractivity contribution is 5.25. The Hall–Kier alpha value is -1.06. The summed E-state index contributed by atoms with van der Waals surface area (Å²) in [5, 5.41) is 10.9. The summed E-state index contributed by atoms with van der Waals surface area (Å²) in [5.74, 6) is 0.0946. The molecule has 15 heavy (non-hydrogen) atoms. The fraction of sp³-hybridized carbons (Fsp3) is 0.500. The van der Waals surface area contributed by atoms with E-state index in [-0.39, 0.29) is 5.75 Å². The van der Waals surface area contributed by atoms with E-state index in [2.05, 4.69) is 16.8 Å². The second kappa shape index (κ2) is 4.64. The molecule has 0 aliphatic carbocycles. The number of likely N-dealkylation sites (N-methyl/N-ethyl adjacent to an activating group) is 1. The van der Waals surface area contributed by atoms with Gasteiger partial charge in [-0.05, 0) is 24.7 Å². The van der Waals surface area contributed by atoms with Crippen LogP contribution in [-0.4, -0.2) is 43.0 Å². The van der Waals surface area contributed by atoms with Crippen molar-refractivity contribution >= 4 is 0 Å². The highest BCUT2D eigenvalue weighted by Gasteiger charge is 2.13. The Morgan fingerprint density at radius 1 is 1.07 bits per heavy atom. The first-order valence-electron chi connectivity index (χ1n) is 5.41. The molecule has 0 amide bonds. The van der Waals surface area contributed by atoms with E-state index in [1.165, 1.54) is 5.56 Å². The zero-order chi connectivity index (χ0) is 10.7. The first-order valence-corrected chi connectivity index (χ1v) is 5.41. The van der Waals surface area contributed by atoms with Crippen molar-refractivity contribution in [3.63, 3.8) is 0 Å². The number of hydrogen-bond acceptors (Lipinski definition) is 2. The van der Waals surface area contributed by atoms with Crippen molar-refractivity contribution in [3.05, 3.63) is 29.8 Å². The summed E-state index contributed by atoms with van der Waals surface area (Å²) in [6, 6.07) is 7.15. The Bertz CT molecular complexity index is 302. The maximum absolute atomic E-state index is 10.9. The van der Waals surface area contributed by atoms with Gasteiger partial charge in [0.1, 0.15) is 0 Å². The summed E-state index contributed by atoms with van der Waals surface area (Å²) in [7, 11) is 2.16. The van der Waals surface area contributed by atoms with Crippen LogP contribution in [0, 0.1) is 0 Å². The third-order valence-corrected chi connectivity index (χ3v) is 2.93. The quantitative estimate of drug-likeness (QED) is 0.732. The van der Waals surface area contributed by atoms with E-state index < -0.39 is 0 Å². The number of hydrogen-bond donors (Lipinski definition) is 0. The van der Waals surface area contributed by atoms with Crippen molar-refractivity contribution in [3.8, 4) is 5.75 Å². The van der Waals surface area contributed by atoms with Gasteiger partial charge < -0.3 is 4.90 Å². The predicted molar refractivity (Wildman–Crippen MR) is 59.3 cm³/mol. The van der Waals surface area contributed by atoms with Crippen LogP contribution < -0.4 is 0 Å². The van der Waals surface area contributed by atoms with Crippen molar-refractivity contribution < 1.29 is 5.11 Å². The van der Waals surface area contributed by atoms with E-state index in [0.29, 0.717) is 0 Å². The summed E-state index contributed by atoms with van der Waals surface area (Å²) < 4.78 is 0. The summed E-state index contributed by atoms with van der Waals surface area (Å²) >= 11 is 0. The lowest BCUT2D eigenvalue weighted by Gasteiger charge is -2.32. The molecule has 0 aromatic heterocycles. The standard InChI is InChI=1S/C12H17N2O/c1-13-6-8-14(9-7-13)10-11-2-4-12(15)5-3-11/h2-5H,6-10H2,1H3. The lowest BCUT2D eigenvalue weighted by Crippen LogP contribution is -2.43. The zero-order valence-corrected chi connectivity index (χ0v) is 9.15. The average Bonchev–Trinajstić information content (AvgIpc) is 2.25. The molecule has 3 nitrogen and oxygen atoms in total. The summed E-state index contributed by atoms with van der Waals surface area (Å²) in [5.41, 5.74) is 1.24. The van der Waals surface area contributed by atoms with Gasteiger partial charge in [-0.15, -0.1) is 0 Å². The second-order valence-corrected chi connectivity index (χ2v) is 4.22. The van der Waals surface area contributed by atoms with Crippen LogP contribution in [0.4, 0.5) is 0 Å². The Morgan fingerprint density at radius 2 is 1.67 bits per heavy atom. The van der Waals surface area contributed by atoms with Crippen molar-refractivity contribution in [2.45, 2.75) is 6.54 Å². The zero-order valence-electron chi connectivity index (χ0n) is 9.15. The number of nitrogens with zero attached hydrogens (tertiary/aromatic N) is 2. The molecule has 2 rings (SSSR count). The van der Waals surface area contributed by atoms with Crippen LogP contribution in [0.2, 0.25) is 0 Å². The minimum Gasteiger partial charge on any atom is -0.304 e. The number of piperazine rings is 1. The lowest BCUT2D eigenvalue weighted by atomic mass is 10.2. The van der Waals surface area contributed by atoms with Gasteiger partial charge in [0.2, 0.25) is 0 Å². The molecular weight excluding hydrogens is 188 g/mol. The van der Waals surface area contributed by atoms with E-state index in [4.69, 9.17) is 0 Å². The lowest BCUT2D eigenvalue weighted by molar-refractivity contribution is 0.148. The van der Waals surface area contributed by atoms with Gasteiger partial charge in [-0.3, -0.25) is 10.0 Å². The van der Waals surface area contributed by atoms with Gasteiger partial charge in [-0.2, -0.15) is 0 Å². The highest BCUT2D eigenvalue weighted by Crippen LogP contribution is 2.13. The van der Waals surface area contributed by atoms with Crippen molar-refractivity contribution in [1.82, 2.24) is 9.80 Å². The maximum Gasteiger partial charge on any atom is 0.178 e. The second-order valence-electron chi connectivity index (χ2n) is 4.22. The monoisotopic (exact) mass is 205 g/mol. The Labute approximate surface area is 90.9 Å². The van der Waals surface area contributed by atoms with Crippen LogP contribution in [0.25, 0.3) is 0 Å². The normalized spacial score (nSPS) is 19.3. The molecule has 81 valence electrons. The number of rotatable bonds is 2. The summed E-state index contributed by atoms with van der Waals surface area (Å²) in [4.78, 5) is 4.77. The van der Waals surface area contributed by atoms with Crippen LogP contribution in [0.3, 0.4) is 0 Å². The molecule has 0 atom stereocenters. The summed E-state index contributed by atoms with van der Waals surface area (Å²) in [6.45, 7) is 5.48. The first-order chi connectivity index (χ1) is 7.24. The van der Waals surface area contributed by atoms with Gasteiger partial charge >= 0.3 is 0 Å². The van der Waals surface area contributed by atoms with E-state index in [1.54, 1.807) is 12.1 Å². The largest absolute Gasteiger partial charge is 0.304 e. The SMILES string of the molecule is CN1CCN(Cc2ccc([O])cc2)CC1. The van der Waals surface area contributed by atoms with E-state index in [1.807, 2.05) is 12.1 Å². The molecule has 1 aliphatic rings. The Morgan fingerprint density at radius 3 is 2.27 bits per heavy atom. The van der Waals surface area contributed by atoms with Gasteiger partial charge in [-0.1, -0.05) is 12.1 Å². The molecule has 0 saturated carbocycles. The van der Waals surface area contributed by atoms with Gasteiger partial charge in [0.05, 0.1) is 0 Å². The molecular formula is C12H17N2O. The van der Waals surface area contributed by atoms with Crippen molar-refractivity contribution in [2.24, 2.45) is 0 Å². The molecule has 0 unspecified atom stereocenters. The molecule has 1 radical (unpaired) electrons. The van der Waals surface area contributed by atoms with Gasteiger partial charge in [0.25, 0.3) is 0 Å². The van der Waals surface area contributed by atoms with Crippen LogP contribution >= 0.6 is 0 Å².